The molecule has 0 saturated carbocycles. The van der Waals surface area contributed by atoms with E-state index in [1.807, 2.05) is 13.8 Å². The van der Waals surface area contributed by atoms with Crippen LogP contribution in [0.3, 0.4) is 0 Å². The number of nitrogens with zero attached hydrogens (tertiary/aromatic N) is 1. The van der Waals surface area contributed by atoms with Gasteiger partial charge in [0, 0.05) is 14.1 Å². The molecule has 0 saturated heterocycles. The molecule has 3 amide bonds. The minimum Gasteiger partial charge on any atom is -0.347 e. The molecule has 0 rings (SSSR count). The van der Waals surface area contributed by atoms with Crippen LogP contribution in [0.25, 0.3) is 0 Å². The molecule has 0 spiro atoms. The number of carbonyl (C=O) groups is 3. The minimum atomic E-state index is -0.572. The fraction of sp³-hybridized carbons (Fsp3) is 0.750. The van der Waals surface area contributed by atoms with Gasteiger partial charge in [-0.25, -0.2) is 0 Å². The lowest BCUT2D eigenvalue weighted by atomic mass is 10.0. The summed E-state index contributed by atoms with van der Waals surface area (Å²) >= 11 is 0. The molecule has 0 aliphatic rings. The fourth-order valence-electron chi connectivity index (χ4n) is 1.50. The molecule has 7 heteroatoms. The second-order valence-corrected chi connectivity index (χ2v) is 4.96. The molecule has 0 fully saturated rings. The SMILES string of the molecule is CC(C)CC(NC(=O)CNC(=O)CN)C(=O)N(C)C. The molecule has 0 radical (unpaired) electrons. The van der Waals surface area contributed by atoms with Gasteiger partial charge in [0.1, 0.15) is 6.04 Å². The van der Waals surface area contributed by atoms with Crippen LogP contribution >= 0.6 is 0 Å². The molecule has 0 aromatic rings. The van der Waals surface area contributed by atoms with Crippen molar-refractivity contribution in [2.45, 2.75) is 26.3 Å². The molecular weight excluding hydrogens is 248 g/mol. The van der Waals surface area contributed by atoms with Crippen LogP contribution in [-0.4, -0.2) is 55.8 Å². The van der Waals surface area contributed by atoms with Crippen molar-refractivity contribution in [3.8, 4) is 0 Å². The van der Waals surface area contributed by atoms with E-state index in [0.717, 1.165) is 0 Å². The van der Waals surface area contributed by atoms with Crippen molar-refractivity contribution >= 4 is 17.7 Å². The van der Waals surface area contributed by atoms with Crippen LogP contribution in [-0.2, 0) is 14.4 Å². The Morgan fingerprint density at radius 1 is 1.16 bits per heavy atom. The Labute approximate surface area is 113 Å². The first kappa shape index (κ1) is 17.4. The second kappa shape index (κ2) is 8.47. The lowest BCUT2D eigenvalue weighted by Crippen LogP contribution is -2.50. The molecule has 0 aromatic carbocycles. The number of nitrogens with two attached hydrogens (primary N) is 1. The van der Waals surface area contributed by atoms with Gasteiger partial charge in [-0.05, 0) is 12.3 Å². The van der Waals surface area contributed by atoms with Crippen LogP contribution in [0.4, 0.5) is 0 Å². The van der Waals surface area contributed by atoms with Gasteiger partial charge in [-0.15, -0.1) is 0 Å². The maximum atomic E-state index is 11.9. The predicted molar refractivity (Wildman–Crippen MR) is 72.1 cm³/mol. The summed E-state index contributed by atoms with van der Waals surface area (Å²) in [4.78, 5) is 35.9. The Bertz CT molecular complexity index is 329. The lowest BCUT2D eigenvalue weighted by Gasteiger charge is -2.23. The van der Waals surface area contributed by atoms with Crippen LogP contribution < -0.4 is 16.4 Å². The summed E-state index contributed by atoms with van der Waals surface area (Å²) in [7, 11) is 3.27. The van der Waals surface area contributed by atoms with Crippen molar-refractivity contribution in [1.82, 2.24) is 15.5 Å². The monoisotopic (exact) mass is 272 g/mol. The van der Waals surface area contributed by atoms with Gasteiger partial charge in [0.2, 0.25) is 17.7 Å². The molecule has 0 aromatic heterocycles. The van der Waals surface area contributed by atoms with Crippen molar-refractivity contribution in [2.24, 2.45) is 11.7 Å². The Morgan fingerprint density at radius 3 is 2.16 bits per heavy atom. The molecule has 0 bridgehead atoms. The number of nitrogens with one attached hydrogen (secondary N) is 2. The van der Waals surface area contributed by atoms with Crippen molar-refractivity contribution < 1.29 is 14.4 Å². The van der Waals surface area contributed by atoms with E-state index >= 15 is 0 Å². The number of likely N-dealkylation sites (N-methyl/N-ethyl adjacent to an activating group) is 1. The molecule has 4 N–H and O–H groups in total. The molecule has 0 heterocycles. The van der Waals surface area contributed by atoms with E-state index in [9.17, 15) is 14.4 Å². The Hall–Kier alpha value is -1.63. The predicted octanol–water partition coefficient (Wildman–Crippen LogP) is -1.32. The van der Waals surface area contributed by atoms with Crippen LogP contribution in [0.2, 0.25) is 0 Å². The third-order valence-electron chi connectivity index (χ3n) is 2.41. The Morgan fingerprint density at radius 2 is 1.74 bits per heavy atom. The van der Waals surface area contributed by atoms with Crippen molar-refractivity contribution in [2.75, 3.05) is 27.2 Å². The van der Waals surface area contributed by atoms with Crippen molar-refractivity contribution in [3.63, 3.8) is 0 Å². The van der Waals surface area contributed by atoms with E-state index in [1.165, 1.54) is 4.90 Å². The summed E-state index contributed by atoms with van der Waals surface area (Å²) in [5.74, 6) is -0.697. The quantitative estimate of drug-likeness (QED) is 0.534. The number of hydrogen-bond donors (Lipinski definition) is 3. The highest BCUT2D eigenvalue weighted by Crippen LogP contribution is 2.06. The zero-order valence-corrected chi connectivity index (χ0v) is 12.0. The molecule has 0 aliphatic carbocycles. The summed E-state index contributed by atoms with van der Waals surface area (Å²) in [6, 6.07) is -0.572. The Balaban J connectivity index is 4.43. The third kappa shape index (κ3) is 7.40. The van der Waals surface area contributed by atoms with E-state index in [-0.39, 0.29) is 24.9 Å². The molecule has 1 unspecified atom stereocenters. The maximum Gasteiger partial charge on any atom is 0.244 e. The average Bonchev–Trinajstić information content (AvgIpc) is 2.33. The highest BCUT2D eigenvalue weighted by atomic mass is 16.2. The highest BCUT2D eigenvalue weighted by molar-refractivity contribution is 5.90. The fourth-order valence-corrected chi connectivity index (χ4v) is 1.50. The first-order valence-electron chi connectivity index (χ1n) is 6.25. The standard InChI is InChI=1S/C12H24N4O3/c1-8(2)5-9(12(19)16(3)4)15-11(18)7-14-10(17)6-13/h8-9H,5-7,13H2,1-4H3,(H,14,17)(H,15,18). The van der Waals surface area contributed by atoms with E-state index in [1.54, 1.807) is 14.1 Å². The van der Waals surface area contributed by atoms with Gasteiger partial charge in [-0.1, -0.05) is 13.8 Å². The van der Waals surface area contributed by atoms with Crippen LogP contribution in [0.5, 0.6) is 0 Å². The van der Waals surface area contributed by atoms with Crippen LogP contribution in [0, 0.1) is 5.92 Å². The first-order chi connectivity index (χ1) is 8.77. The van der Waals surface area contributed by atoms with Crippen LogP contribution in [0.1, 0.15) is 20.3 Å². The zero-order chi connectivity index (χ0) is 15.0. The average molecular weight is 272 g/mol. The van der Waals surface area contributed by atoms with E-state index in [0.29, 0.717) is 6.42 Å². The van der Waals surface area contributed by atoms with Gasteiger partial charge in [-0.2, -0.15) is 0 Å². The first-order valence-corrected chi connectivity index (χ1v) is 6.25. The molecule has 1 atom stereocenters. The van der Waals surface area contributed by atoms with Gasteiger partial charge in [0.15, 0.2) is 0 Å². The van der Waals surface area contributed by atoms with Gasteiger partial charge in [-0.3, -0.25) is 14.4 Å². The number of amides is 3. The summed E-state index contributed by atoms with van der Waals surface area (Å²) in [5.41, 5.74) is 5.11. The number of hydrogen-bond acceptors (Lipinski definition) is 4. The summed E-state index contributed by atoms with van der Waals surface area (Å²) < 4.78 is 0. The molecule has 19 heavy (non-hydrogen) atoms. The molecule has 110 valence electrons. The van der Waals surface area contributed by atoms with Gasteiger partial charge < -0.3 is 21.3 Å². The number of carbonyl (C=O) groups excluding carboxylic acids is 3. The van der Waals surface area contributed by atoms with Crippen molar-refractivity contribution in [1.29, 1.82) is 0 Å². The smallest absolute Gasteiger partial charge is 0.244 e. The lowest BCUT2D eigenvalue weighted by molar-refractivity contribution is -0.134. The third-order valence-corrected chi connectivity index (χ3v) is 2.41. The van der Waals surface area contributed by atoms with Gasteiger partial charge in [0.05, 0.1) is 13.1 Å². The Kier molecular flexibility index (Phi) is 7.74. The van der Waals surface area contributed by atoms with Crippen LogP contribution in [0.15, 0.2) is 0 Å². The van der Waals surface area contributed by atoms with Gasteiger partial charge >= 0.3 is 0 Å². The zero-order valence-electron chi connectivity index (χ0n) is 12.0. The second-order valence-electron chi connectivity index (χ2n) is 4.96. The maximum absolute atomic E-state index is 11.9. The highest BCUT2D eigenvalue weighted by Gasteiger charge is 2.23. The number of rotatable bonds is 7. The van der Waals surface area contributed by atoms with E-state index in [4.69, 9.17) is 5.73 Å². The summed E-state index contributed by atoms with van der Waals surface area (Å²) in [5, 5.41) is 4.98. The molecule has 0 aliphatic heterocycles. The molecule has 7 nitrogen and oxygen atoms in total. The summed E-state index contributed by atoms with van der Waals surface area (Å²) in [6.07, 6.45) is 0.549. The van der Waals surface area contributed by atoms with E-state index in [2.05, 4.69) is 10.6 Å². The summed E-state index contributed by atoms with van der Waals surface area (Å²) in [6.45, 7) is 3.60. The largest absolute Gasteiger partial charge is 0.347 e. The van der Waals surface area contributed by atoms with E-state index < -0.39 is 17.9 Å². The topological polar surface area (TPSA) is 105 Å². The minimum absolute atomic E-state index is 0.160. The van der Waals surface area contributed by atoms with Gasteiger partial charge in [0.25, 0.3) is 0 Å². The normalized spacial score (nSPS) is 11.9. The van der Waals surface area contributed by atoms with Crippen molar-refractivity contribution in [3.05, 3.63) is 0 Å². The molecular formula is C12H24N4O3.